The van der Waals surface area contributed by atoms with Crippen LogP contribution in [0.3, 0.4) is 0 Å². The van der Waals surface area contributed by atoms with E-state index in [2.05, 4.69) is 4.57 Å². The monoisotopic (exact) mass is 347 g/mol. The van der Waals surface area contributed by atoms with Crippen molar-refractivity contribution in [1.29, 1.82) is 0 Å². The number of nitrogens with zero attached hydrogens (tertiary/aromatic N) is 3. The Morgan fingerprint density at radius 1 is 1.21 bits per heavy atom. The third-order valence-corrected chi connectivity index (χ3v) is 6.62. The first-order chi connectivity index (χ1) is 11.4. The second-order valence-corrected chi connectivity index (χ2v) is 7.87. The summed E-state index contributed by atoms with van der Waals surface area (Å²) in [5, 5.41) is 0. The molecule has 4 rings (SSSR count). The Bertz CT molecular complexity index is 1090. The molecule has 1 aliphatic heterocycles. The summed E-state index contributed by atoms with van der Waals surface area (Å²) in [4.78, 5) is 11.7. The number of fused-ring (bicyclic) bond motifs is 2. The highest BCUT2D eigenvalue weighted by Gasteiger charge is 2.34. The van der Waals surface area contributed by atoms with Gasteiger partial charge in [0.2, 0.25) is 10.0 Å². The number of aryl methyl sites for hydroxylation is 1. The Kier molecular flexibility index (Phi) is 3.23. The van der Waals surface area contributed by atoms with Crippen molar-refractivity contribution in [1.82, 2.24) is 13.4 Å². The largest absolute Gasteiger partial charge is 0.419 e. The van der Waals surface area contributed by atoms with E-state index < -0.39 is 15.8 Å². The van der Waals surface area contributed by atoms with E-state index in [4.69, 9.17) is 4.42 Å². The zero-order valence-electron chi connectivity index (χ0n) is 13.3. The third kappa shape index (κ3) is 2.06. The standard InChI is InChI=1S/C16H17N3O4S/c1-11-13-4-3-7-18(13)8-9-19(11)24(21,22)12-5-6-14-15(10-12)23-16(20)17(14)2/h3-7,10-11H,8-9H2,1-2H3/t11-/m1/s1. The molecule has 0 amide bonds. The molecule has 126 valence electrons. The van der Waals surface area contributed by atoms with Crippen molar-refractivity contribution >= 4 is 21.1 Å². The van der Waals surface area contributed by atoms with E-state index in [9.17, 15) is 13.2 Å². The van der Waals surface area contributed by atoms with Crippen molar-refractivity contribution in [3.63, 3.8) is 0 Å². The Labute approximate surface area is 138 Å². The maximum Gasteiger partial charge on any atom is 0.419 e. The average Bonchev–Trinajstić information content (AvgIpc) is 3.13. The minimum atomic E-state index is -3.68. The zero-order valence-corrected chi connectivity index (χ0v) is 14.2. The Hall–Kier alpha value is -2.32. The van der Waals surface area contributed by atoms with Crippen LogP contribution in [0.4, 0.5) is 0 Å². The van der Waals surface area contributed by atoms with E-state index in [1.54, 1.807) is 13.1 Å². The summed E-state index contributed by atoms with van der Waals surface area (Å²) in [5.41, 5.74) is 1.81. The highest BCUT2D eigenvalue weighted by molar-refractivity contribution is 7.89. The van der Waals surface area contributed by atoms with E-state index in [1.165, 1.54) is 21.0 Å². The van der Waals surface area contributed by atoms with Gasteiger partial charge in [-0.3, -0.25) is 4.57 Å². The van der Waals surface area contributed by atoms with Crippen molar-refractivity contribution in [3.8, 4) is 0 Å². The summed E-state index contributed by atoms with van der Waals surface area (Å²) in [7, 11) is -2.09. The highest BCUT2D eigenvalue weighted by atomic mass is 32.2. The molecule has 8 heteroatoms. The molecule has 24 heavy (non-hydrogen) atoms. The van der Waals surface area contributed by atoms with E-state index in [0.29, 0.717) is 18.6 Å². The van der Waals surface area contributed by atoms with Crippen LogP contribution < -0.4 is 5.76 Å². The van der Waals surface area contributed by atoms with Gasteiger partial charge < -0.3 is 8.98 Å². The van der Waals surface area contributed by atoms with Gasteiger partial charge in [0.25, 0.3) is 0 Å². The van der Waals surface area contributed by atoms with E-state index >= 15 is 0 Å². The lowest BCUT2D eigenvalue weighted by molar-refractivity contribution is 0.282. The van der Waals surface area contributed by atoms with E-state index in [-0.39, 0.29) is 16.5 Å². The number of hydrogen-bond acceptors (Lipinski definition) is 4. The molecule has 0 fully saturated rings. The summed E-state index contributed by atoms with van der Waals surface area (Å²) in [6.07, 6.45) is 1.96. The summed E-state index contributed by atoms with van der Waals surface area (Å²) in [6.45, 7) is 2.90. The van der Waals surface area contributed by atoms with Gasteiger partial charge in [-0.05, 0) is 31.2 Å². The first-order valence-corrected chi connectivity index (χ1v) is 9.10. The van der Waals surface area contributed by atoms with Crippen molar-refractivity contribution in [2.24, 2.45) is 7.05 Å². The molecule has 1 aliphatic rings. The summed E-state index contributed by atoms with van der Waals surface area (Å²) >= 11 is 0. The number of sulfonamides is 1. The van der Waals surface area contributed by atoms with Gasteiger partial charge in [-0.15, -0.1) is 0 Å². The van der Waals surface area contributed by atoms with Gasteiger partial charge in [0.05, 0.1) is 16.5 Å². The minimum Gasteiger partial charge on any atom is -0.408 e. The van der Waals surface area contributed by atoms with Crippen LogP contribution in [-0.2, 0) is 23.6 Å². The van der Waals surface area contributed by atoms with E-state index in [1.807, 2.05) is 25.3 Å². The SMILES string of the molecule is C[C@@H]1c2cccn2CCN1S(=O)(=O)c1ccc2c(c1)oc(=O)n2C. The van der Waals surface area contributed by atoms with Gasteiger partial charge in [-0.1, -0.05) is 0 Å². The second kappa shape index (κ2) is 5.09. The van der Waals surface area contributed by atoms with Gasteiger partial charge in [0.1, 0.15) is 0 Å². The zero-order chi connectivity index (χ0) is 17.1. The van der Waals surface area contributed by atoms with Crippen LogP contribution in [0.2, 0.25) is 0 Å². The molecule has 1 aromatic carbocycles. The quantitative estimate of drug-likeness (QED) is 0.707. The molecule has 0 aliphatic carbocycles. The topological polar surface area (TPSA) is 77.5 Å². The average molecular weight is 347 g/mol. The van der Waals surface area contributed by atoms with Crippen molar-refractivity contribution in [2.75, 3.05) is 6.54 Å². The van der Waals surface area contributed by atoms with Crippen LogP contribution >= 0.6 is 0 Å². The first-order valence-electron chi connectivity index (χ1n) is 7.66. The normalized spacial score (nSPS) is 18.8. The van der Waals surface area contributed by atoms with Crippen LogP contribution in [0.15, 0.2) is 50.6 Å². The fourth-order valence-electron chi connectivity index (χ4n) is 3.30. The molecule has 1 atom stereocenters. The maximum atomic E-state index is 13.1. The molecular weight excluding hydrogens is 330 g/mol. The molecular formula is C16H17N3O4S. The fourth-order valence-corrected chi connectivity index (χ4v) is 4.91. The lowest BCUT2D eigenvalue weighted by Gasteiger charge is -2.33. The summed E-state index contributed by atoms with van der Waals surface area (Å²) in [5.74, 6) is -0.510. The molecule has 0 bridgehead atoms. The number of aromatic nitrogens is 2. The van der Waals surface area contributed by atoms with Gasteiger partial charge in [0, 0.05) is 38.1 Å². The van der Waals surface area contributed by atoms with Gasteiger partial charge in [0.15, 0.2) is 5.58 Å². The predicted molar refractivity (Wildman–Crippen MR) is 88.2 cm³/mol. The fraction of sp³-hybridized carbons (Fsp3) is 0.312. The summed E-state index contributed by atoms with van der Waals surface area (Å²) in [6, 6.07) is 8.15. The highest BCUT2D eigenvalue weighted by Crippen LogP contribution is 2.31. The van der Waals surface area contributed by atoms with E-state index in [0.717, 1.165) is 5.69 Å². The molecule has 3 aromatic rings. The number of hydrogen-bond donors (Lipinski definition) is 0. The maximum absolute atomic E-state index is 13.1. The molecule has 0 N–H and O–H groups in total. The Balaban J connectivity index is 1.79. The first kappa shape index (κ1) is 15.2. The van der Waals surface area contributed by atoms with Gasteiger partial charge in [-0.2, -0.15) is 4.31 Å². The molecule has 0 saturated heterocycles. The minimum absolute atomic E-state index is 0.135. The molecule has 0 spiro atoms. The van der Waals surface area contributed by atoms with Crippen molar-refractivity contribution in [3.05, 3.63) is 52.8 Å². The van der Waals surface area contributed by atoms with Crippen LogP contribution in [0, 0.1) is 0 Å². The second-order valence-electron chi connectivity index (χ2n) is 5.97. The van der Waals surface area contributed by atoms with Crippen LogP contribution in [0.1, 0.15) is 18.7 Å². The molecule has 0 unspecified atom stereocenters. The van der Waals surface area contributed by atoms with Crippen molar-refractivity contribution < 1.29 is 12.8 Å². The molecule has 7 nitrogen and oxygen atoms in total. The Morgan fingerprint density at radius 2 is 2.00 bits per heavy atom. The van der Waals surface area contributed by atoms with Crippen LogP contribution in [0.25, 0.3) is 11.1 Å². The lowest BCUT2D eigenvalue weighted by Crippen LogP contribution is -2.40. The Morgan fingerprint density at radius 3 is 2.79 bits per heavy atom. The lowest BCUT2D eigenvalue weighted by atomic mass is 10.2. The molecule has 3 heterocycles. The van der Waals surface area contributed by atoms with Crippen LogP contribution in [-0.4, -0.2) is 28.4 Å². The third-order valence-electron chi connectivity index (χ3n) is 4.66. The molecule has 2 aromatic heterocycles. The van der Waals surface area contributed by atoms with Crippen molar-refractivity contribution in [2.45, 2.75) is 24.4 Å². The van der Waals surface area contributed by atoms with Gasteiger partial charge >= 0.3 is 5.76 Å². The van der Waals surface area contributed by atoms with Gasteiger partial charge in [-0.25, -0.2) is 13.2 Å². The summed E-state index contributed by atoms with van der Waals surface area (Å²) < 4.78 is 36.1. The number of benzene rings is 1. The molecule has 0 radical (unpaired) electrons. The predicted octanol–water partition coefficient (Wildman–Crippen LogP) is 1.70. The van der Waals surface area contributed by atoms with Crippen LogP contribution in [0.5, 0.6) is 0 Å². The smallest absolute Gasteiger partial charge is 0.408 e. The number of rotatable bonds is 2. The molecule has 0 saturated carbocycles. The number of oxazole rings is 1.